The van der Waals surface area contributed by atoms with Gasteiger partial charge in [-0.25, -0.2) is 0 Å². The molecule has 24 heavy (non-hydrogen) atoms. The maximum Gasteiger partial charge on any atom is 0.305 e. The number of thioether (sulfide) groups is 1. The Balaban J connectivity index is 2.13. The van der Waals surface area contributed by atoms with E-state index in [0.717, 1.165) is 38.3 Å². The SMILES string of the molecule is CN=C(NCCCCCC(=O)OC)NCC(C)Sc1ccccc1. The predicted molar refractivity (Wildman–Crippen MR) is 102 cm³/mol. The molecule has 0 radical (unpaired) electrons. The highest BCUT2D eigenvalue weighted by Crippen LogP contribution is 2.21. The molecule has 0 amide bonds. The summed E-state index contributed by atoms with van der Waals surface area (Å²) in [5.74, 6) is 0.689. The summed E-state index contributed by atoms with van der Waals surface area (Å²) in [6.45, 7) is 3.90. The molecule has 0 aliphatic rings. The molecule has 0 fully saturated rings. The molecule has 0 aliphatic heterocycles. The molecule has 2 N–H and O–H groups in total. The number of hydrogen-bond acceptors (Lipinski definition) is 4. The minimum Gasteiger partial charge on any atom is -0.469 e. The Bertz CT molecular complexity index is 494. The molecule has 1 rings (SSSR count). The molecular weight excluding hydrogens is 322 g/mol. The van der Waals surface area contributed by atoms with Crippen LogP contribution in [-0.2, 0) is 9.53 Å². The average Bonchev–Trinajstić information content (AvgIpc) is 2.61. The van der Waals surface area contributed by atoms with Gasteiger partial charge in [0.2, 0.25) is 0 Å². The smallest absolute Gasteiger partial charge is 0.305 e. The number of guanidine groups is 1. The second kappa shape index (κ2) is 12.7. The lowest BCUT2D eigenvalue weighted by atomic mass is 10.2. The van der Waals surface area contributed by atoms with E-state index >= 15 is 0 Å². The highest BCUT2D eigenvalue weighted by molar-refractivity contribution is 8.00. The molecule has 0 aromatic heterocycles. The largest absolute Gasteiger partial charge is 0.469 e. The number of benzene rings is 1. The van der Waals surface area contributed by atoms with Gasteiger partial charge >= 0.3 is 5.97 Å². The van der Waals surface area contributed by atoms with Gasteiger partial charge in [-0.05, 0) is 25.0 Å². The van der Waals surface area contributed by atoms with E-state index in [1.54, 1.807) is 7.05 Å². The molecule has 1 aromatic carbocycles. The van der Waals surface area contributed by atoms with Crippen LogP contribution >= 0.6 is 11.8 Å². The minimum absolute atomic E-state index is 0.134. The Kier molecular flexibility index (Phi) is 10.8. The lowest BCUT2D eigenvalue weighted by Crippen LogP contribution is -2.40. The Morgan fingerprint density at radius 2 is 1.96 bits per heavy atom. The summed E-state index contributed by atoms with van der Waals surface area (Å²) in [5, 5.41) is 7.11. The van der Waals surface area contributed by atoms with E-state index in [1.807, 2.05) is 17.8 Å². The molecule has 5 nitrogen and oxygen atoms in total. The summed E-state index contributed by atoms with van der Waals surface area (Å²) >= 11 is 1.85. The standard InChI is InChI=1S/C18H29N3O2S/c1-15(24-16-10-6-4-7-11-16)14-21-18(19-2)20-13-9-5-8-12-17(22)23-3/h4,6-7,10-11,15H,5,8-9,12-14H2,1-3H3,(H2,19,20,21). The van der Waals surface area contributed by atoms with Gasteiger partial charge in [0.1, 0.15) is 0 Å². The zero-order valence-electron chi connectivity index (χ0n) is 14.9. The van der Waals surface area contributed by atoms with Gasteiger partial charge in [0.25, 0.3) is 0 Å². The molecule has 0 spiro atoms. The van der Waals surface area contributed by atoms with E-state index < -0.39 is 0 Å². The fourth-order valence-corrected chi connectivity index (χ4v) is 3.06. The van der Waals surface area contributed by atoms with Crippen molar-refractivity contribution in [3.63, 3.8) is 0 Å². The van der Waals surface area contributed by atoms with E-state index in [1.165, 1.54) is 12.0 Å². The lowest BCUT2D eigenvalue weighted by molar-refractivity contribution is -0.140. The maximum absolute atomic E-state index is 11.0. The Hall–Kier alpha value is -1.69. The summed E-state index contributed by atoms with van der Waals surface area (Å²) in [4.78, 5) is 16.5. The fourth-order valence-electron chi connectivity index (χ4n) is 2.11. The van der Waals surface area contributed by atoms with Gasteiger partial charge in [-0.3, -0.25) is 9.79 Å². The summed E-state index contributed by atoms with van der Waals surface area (Å²) in [6.07, 6.45) is 3.37. The van der Waals surface area contributed by atoms with E-state index in [4.69, 9.17) is 0 Å². The van der Waals surface area contributed by atoms with Crippen molar-refractivity contribution in [1.29, 1.82) is 0 Å². The van der Waals surface area contributed by atoms with Gasteiger partial charge in [-0.1, -0.05) is 31.5 Å². The van der Waals surface area contributed by atoms with Crippen LogP contribution in [0.5, 0.6) is 0 Å². The molecule has 0 saturated carbocycles. The summed E-state index contributed by atoms with van der Waals surface area (Å²) in [7, 11) is 3.21. The number of carbonyl (C=O) groups excluding carboxylic acids is 1. The molecule has 0 heterocycles. The molecule has 0 aliphatic carbocycles. The number of rotatable bonds is 10. The van der Waals surface area contributed by atoms with Gasteiger partial charge in [0, 0.05) is 36.7 Å². The van der Waals surface area contributed by atoms with Crippen LogP contribution in [0.25, 0.3) is 0 Å². The van der Waals surface area contributed by atoms with Gasteiger partial charge in [-0.15, -0.1) is 11.8 Å². The van der Waals surface area contributed by atoms with Crippen molar-refractivity contribution in [2.45, 2.75) is 42.8 Å². The molecule has 6 heteroatoms. The van der Waals surface area contributed by atoms with Gasteiger partial charge < -0.3 is 15.4 Å². The monoisotopic (exact) mass is 351 g/mol. The number of carbonyl (C=O) groups is 1. The topological polar surface area (TPSA) is 62.7 Å². The minimum atomic E-state index is -0.134. The van der Waals surface area contributed by atoms with Crippen LogP contribution in [0.4, 0.5) is 0 Å². The second-order valence-corrected chi connectivity index (χ2v) is 7.02. The number of nitrogens with zero attached hydrogens (tertiary/aromatic N) is 1. The first kappa shape index (κ1) is 20.4. The first-order chi connectivity index (χ1) is 11.7. The molecule has 0 bridgehead atoms. The number of ether oxygens (including phenoxy) is 1. The van der Waals surface area contributed by atoms with E-state index in [9.17, 15) is 4.79 Å². The highest BCUT2D eigenvalue weighted by atomic mass is 32.2. The van der Waals surface area contributed by atoms with Crippen molar-refractivity contribution >= 4 is 23.7 Å². The van der Waals surface area contributed by atoms with Crippen molar-refractivity contribution in [1.82, 2.24) is 10.6 Å². The van der Waals surface area contributed by atoms with E-state index in [0.29, 0.717) is 11.7 Å². The molecule has 1 atom stereocenters. The number of unbranched alkanes of at least 4 members (excludes halogenated alkanes) is 2. The molecular formula is C18H29N3O2S. The highest BCUT2D eigenvalue weighted by Gasteiger charge is 2.05. The van der Waals surface area contributed by atoms with Gasteiger partial charge in [-0.2, -0.15) is 0 Å². The molecule has 134 valence electrons. The van der Waals surface area contributed by atoms with Crippen LogP contribution in [-0.4, -0.2) is 44.4 Å². The third-order valence-corrected chi connectivity index (χ3v) is 4.55. The number of methoxy groups -OCH3 is 1. The number of aliphatic imine (C=N–C) groups is 1. The van der Waals surface area contributed by atoms with Crippen LogP contribution in [0.15, 0.2) is 40.2 Å². The van der Waals surface area contributed by atoms with Crippen LogP contribution < -0.4 is 10.6 Å². The quantitative estimate of drug-likeness (QED) is 0.223. The number of hydrogen-bond donors (Lipinski definition) is 2. The number of esters is 1. The van der Waals surface area contributed by atoms with Gasteiger partial charge in [0.15, 0.2) is 5.96 Å². The molecule has 0 saturated heterocycles. The van der Waals surface area contributed by atoms with Crippen molar-refractivity contribution < 1.29 is 9.53 Å². The van der Waals surface area contributed by atoms with Crippen LogP contribution in [0.3, 0.4) is 0 Å². The zero-order chi connectivity index (χ0) is 17.6. The van der Waals surface area contributed by atoms with E-state index in [-0.39, 0.29) is 5.97 Å². The Morgan fingerprint density at radius 3 is 2.62 bits per heavy atom. The number of nitrogens with one attached hydrogen (secondary N) is 2. The first-order valence-corrected chi connectivity index (χ1v) is 9.26. The van der Waals surface area contributed by atoms with Crippen molar-refractivity contribution in [3.8, 4) is 0 Å². The van der Waals surface area contributed by atoms with Crippen molar-refractivity contribution in [3.05, 3.63) is 30.3 Å². The average molecular weight is 352 g/mol. The van der Waals surface area contributed by atoms with Crippen molar-refractivity contribution in [2.75, 3.05) is 27.2 Å². The first-order valence-electron chi connectivity index (χ1n) is 8.38. The van der Waals surface area contributed by atoms with Crippen molar-refractivity contribution in [2.24, 2.45) is 4.99 Å². The zero-order valence-corrected chi connectivity index (χ0v) is 15.7. The normalized spacial score (nSPS) is 12.5. The Labute approximate surface area is 149 Å². The third-order valence-electron chi connectivity index (χ3n) is 3.44. The van der Waals surface area contributed by atoms with E-state index in [2.05, 4.69) is 51.6 Å². The van der Waals surface area contributed by atoms with Crippen LogP contribution in [0.1, 0.15) is 32.6 Å². The second-order valence-electron chi connectivity index (χ2n) is 5.51. The lowest BCUT2D eigenvalue weighted by Gasteiger charge is -2.16. The van der Waals surface area contributed by atoms with Crippen LogP contribution in [0.2, 0.25) is 0 Å². The van der Waals surface area contributed by atoms with Gasteiger partial charge in [0.05, 0.1) is 7.11 Å². The maximum atomic E-state index is 11.0. The van der Waals surface area contributed by atoms with Crippen LogP contribution in [0, 0.1) is 0 Å². The predicted octanol–water partition coefficient (Wildman–Crippen LogP) is 3.07. The third kappa shape index (κ3) is 9.45. The summed E-state index contributed by atoms with van der Waals surface area (Å²) in [5.41, 5.74) is 0. The molecule has 1 aromatic rings. The summed E-state index contributed by atoms with van der Waals surface area (Å²) < 4.78 is 4.62. The summed E-state index contributed by atoms with van der Waals surface area (Å²) in [6, 6.07) is 10.4. The Morgan fingerprint density at radius 1 is 1.21 bits per heavy atom. The fraction of sp³-hybridized carbons (Fsp3) is 0.556. The molecule has 1 unspecified atom stereocenters.